The first-order valence-electron chi connectivity index (χ1n) is 7.79. The third kappa shape index (κ3) is 3.65. The van der Waals surface area contributed by atoms with E-state index in [0.29, 0.717) is 22.7 Å². The number of hydrogen-bond acceptors (Lipinski definition) is 5. The molecule has 132 valence electrons. The van der Waals surface area contributed by atoms with Gasteiger partial charge in [0.1, 0.15) is 5.75 Å². The zero-order valence-corrected chi connectivity index (χ0v) is 15.1. The SMILES string of the molecule is O=C(Nc1cnn(COc2ccc(Br)cc2)c1)c1ccc2c(c1)OCO2. The maximum Gasteiger partial charge on any atom is 0.255 e. The molecule has 1 N–H and O–H groups in total. The normalized spacial score (nSPS) is 12.0. The summed E-state index contributed by atoms with van der Waals surface area (Å²) in [6.45, 7) is 0.410. The topological polar surface area (TPSA) is 74.6 Å². The number of halogens is 1. The van der Waals surface area contributed by atoms with Gasteiger partial charge < -0.3 is 19.5 Å². The van der Waals surface area contributed by atoms with Gasteiger partial charge in [-0.2, -0.15) is 5.10 Å². The first-order valence-corrected chi connectivity index (χ1v) is 8.58. The molecule has 4 rings (SSSR count). The van der Waals surface area contributed by atoms with Crippen molar-refractivity contribution in [3.63, 3.8) is 0 Å². The fourth-order valence-electron chi connectivity index (χ4n) is 2.41. The lowest BCUT2D eigenvalue weighted by atomic mass is 10.2. The molecule has 0 aliphatic carbocycles. The molecule has 0 atom stereocenters. The van der Waals surface area contributed by atoms with Crippen LogP contribution in [0.15, 0.2) is 59.3 Å². The zero-order valence-electron chi connectivity index (χ0n) is 13.5. The van der Waals surface area contributed by atoms with Crippen molar-refractivity contribution in [3.05, 3.63) is 64.9 Å². The Morgan fingerprint density at radius 2 is 2.00 bits per heavy atom. The molecular weight excluding hydrogens is 402 g/mol. The zero-order chi connectivity index (χ0) is 17.9. The van der Waals surface area contributed by atoms with Crippen molar-refractivity contribution in [3.8, 4) is 17.2 Å². The van der Waals surface area contributed by atoms with Gasteiger partial charge in [0.2, 0.25) is 6.79 Å². The van der Waals surface area contributed by atoms with Crippen molar-refractivity contribution in [1.29, 1.82) is 0 Å². The summed E-state index contributed by atoms with van der Waals surface area (Å²) in [7, 11) is 0. The molecule has 0 saturated heterocycles. The minimum atomic E-state index is -0.253. The van der Waals surface area contributed by atoms with Crippen molar-refractivity contribution in [2.75, 3.05) is 12.1 Å². The number of anilines is 1. The fraction of sp³-hybridized carbons (Fsp3) is 0.111. The van der Waals surface area contributed by atoms with E-state index < -0.39 is 0 Å². The Hall–Kier alpha value is -3.00. The van der Waals surface area contributed by atoms with Gasteiger partial charge in [-0.25, -0.2) is 4.68 Å². The Morgan fingerprint density at radius 1 is 1.19 bits per heavy atom. The Balaban J connectivity index is 1.37. The predicted molar refractivity (Wildman–Crippen MR) is 97.5 cm³/mol. The summed E-state index contributed by atoms with van der Waals surface area (Å²) < 4.78 is 18.7. The van der Waals surface area contributed by atoms with Crippen molar-refractivity contribution in [2.24, 2.45) is 0 Å². The molecule has 7 nitrogen and oxygen atoms in total. The first kappa shape index (κ1) is 16.5. The summed E-state index contributed by atoms with van der Waals surface area (Å²) >= 11 is 3.38. The van der Waals surface area contributed by atoms with Crippen LogP contribution in [0.25, 0.3) is 0 Å². The van der Waals surface area contributed by atoms with Crippen LogP contribution < -0.4 is 19.5 Å². The fourth-order valence-corrected chi connectivity index (χ4v) is 2.68. The van der Waals surface area contributed by atoms with E-state index in [1.54, 1.807) is 35.3 Å². The smallest absolute Gasteiger partial charge is 0.255 e. The van der Waals surface area contributed by atoms with Crippen LogP contribution in [-0.2, 0) is 6.73 Å². The van der Waals surface area contributed by atoms with Gasteiger partial charge in [0.05, 0.1) is 18.1 Å². The monoisotopic (exact) mass is 415 g/mol. The van der Waals surface area contributed by atoms with E-state index in [-0.39, 0.29) is 19.4 Å². The number of nitrogens with one attached hydrogen (secondary N) is 1. The minimum absolute atomic E-state index is 0.172. The van der Waals surface area contributed by atoms with Gasteiger partial charge in [0.15, 0.2) is 18.2 Å². The first-order chi connectivity index (χ1) is 12.7. The third-order valence-electron chi connectivity index (χ3n) is 3.70. The summed E-state index contributed by atoms with van der Waals surface area (Å²) in [5, 5.41) is 6.97. The number of carbonyl (C=O) groups excluding carboxylic acids is 1. The molecule has 1 amide bonds. The highest BCUT2D eigenvalue weighted by atomic mass is 79.9. The van der Waals surface area contributed by atoms with Gasteiger partial charge in [-0.15, -0.1) is 0 Å². The van der Waals surface area contributed by atoms with Crippen LogP contribution >= 0.6 is 15.9 Å². The highest BCUT2D eigenvalue weighted by Crippen LogP contribution is 2.32. The van der Waals surface area contributed by atoms with Gasteiger partial charge in [0, 0.05) is 10.0 Å². The predicted octanol–water partition coefficient (Wildman–Crippen LogP) is 3.66. The molecule has 3 aromatic rings. The molecule has 0 unspecified atom stereocenters. The molecule has 0 saturated carbocycles. The van der Waals surface area contributed by atoms with E-state index in [1.807, 2.05) is 24.3 Å². The summed E-state index contributed by atoms with van der Waals surface area (Å²) in [4.78, 5) is 12.4. The number of ether oxygens (including phenoxy) is 3. The highest BCUT2D eigenvalue weighted by Gasteiger charge is 2.16. The van der Waals surface area contributed by atoms with Crippen LogP contribution in [-0.4, -0.2) is 22.5 Å². The lowest BCUT2D eigenvalue weighted by Crippen LogP contribution is -2.11. The van der Waals surface area contributed by atoms with E-state index in [9.17, 15) is 4.79 Å². The average molecular weight is 416 g/mol. The van der Waals surface area contributed by atoms with Gasteiger partial charge in [-0.3, -0.25) is 4.79 Å². The molecule has 8 heteroatoms. The molecular formula is C18H14BrN3O4. The highest BCUT2D eigenvalue weighted by molar-refractivity contribution is 9.10. The molecule has 0 radical (unpaired) electrons. The molecule has 0 fully saturated rings. The second kappa shape index (κ2) is 7.09. The molecule has 1 aromatic heterocycles. The Bertz CT molecular complexity index is 940. The molecule has 1 aliphatic rings. The molecule has 26 heavy (non-hydrogen) atoms. The largest absolute Gasteiger partial charge is 0.471 e. The maximum atomic E-state index is 12.4. The quantitative estimate of drug-likeness (QED) is 0.687. The molecule has 2 heterocycles. The van der Waals surface area contributed by atoms with Crippen molar-refractivity contribution in [2.45, 2.75) is 6.73 Å². The second-order valence-corrected chi connectivity index (χ2v) is 6.43. The molecule has 0 bridgehead atoms. The van der Waals surface area contributed by atoms with E-state index in [4.69, 9.17) is 14.2 Å². The van der Waals surface area contributed by atoms with E-state index in [0.717, 1.165) is 10.2 Å². The number of aromatic nitrogens is 2. The summed E-state index contributed by atoms with van der Waals surface area (Å²) in [5.74, 6) is 1.68. The number of benzene rings is 2. The van der Waals surface area contributed by atoms with E-state index in [1.165, 1.54) is 0 Å². The van der Waals surface area contributed by atoms with Crippen molar-refractivity contribution < 1.29 is 19.0 Å². The number of nitrogens with zero attached hydrogens (tertiary/aromatic N) is 2. The van der Waals surface area contributed by atoms with Gasteiger partial charge in [-0.1, -0.05) is 15.9 Å². The van der Waals surface area contributed by atoms with Crippen LogP contribution in [0.2, 0.25) is 0 Å². The van der Waals surface area contributed by atoms with E-state index >= 15 is 0 Å². The number of rotatable bonds is 5. The van der Waals surface area contributed by atoms with Crippen LogP contribution in [0.5, 0.6) is 17.2 Å². The lowest BCUT2D eigenvalue weighted by Gasteiger charge is -2.06. The van der Waals surface area contributed by atoms with Gasteiger partial charge in [0.25, 0.3) is 5.91 Å². The summed E-state index contributed by atoms with van der Waals surface area (Å²) in [6, 6.07) is 12.6. The average Bonchev–Trinajstić information content (AvgIpc) is 3.29. The number of carbonyl (C=O) groups is 1. The lowest BCUT2D eigenvalue weighted by molar-refractivity contribution is 0.102. The van der Waals surface area contributed by atoms with Crippen LogP contribution in [0.4, 0.5) is 5.69 Å². The van der Waals surface area contributed by atoms with Gasteiger partial charge in [-0.05, 0) is 42.5 Å². The van der Waals surface area contributed by atoms with Gasteiger partial charge >= 0.3 is 0 Å². The minimum Gasteiger partial charge on any atom is -0.471 e. The van der Waals surface area contributed by atoms with Crippen molar-refractivity contribution >= 4 is 27.5 Å². The Morgan fingerprint density at radius 3 is 2.85 bits per heavy atom. The number of hydrogen-bond donors (Lipinski definition) is 1. The van der Waals surface area contributed by atoms with Crippen LogP contribution in [0.1, 0.15) is 10.4 Å². The van der Waals surface area contributed by atoms with Crippen LogP contribution in [0, 0.1) is 0 Å². The molecule has 2 aromatic carbocycles. The number of fused-ring (bicyclic) bond motifs is 1. The standard InChI is InChI=1S/C18H14BrN3O4/c19-13-2-4-15(5-3-13)24-10-22-9-14(8-20-22)21-18(23)12-1-6-16-17(7-12)26-11-25-16/h1-9H,10-11H2,(H,21,23). The Kier molecular flexibility index (Phi) is 4.49. The second-order valence-electron chi connectivity index (χ2n) is 5.52. The number of amides is 1. The summed E-state index contributed by atoms with van der Waals surface area (Å²) in [5.41, 5.74) is 1.06. The summed E-state index contributed by atoms with van der Waals surface area (Å²) in [6.07, 6.45) is 3.26. The molecule has 0 spiro atoms. The van der Waals surface area contributed by atoms with Crippen molar-refractivity contribution in [1.82, 2.24) is 9.78 Å². The molecule has 1 aliphatic heterocycles. The Labute approximate surface area is 157 Å². The third-order valence-corrected chi connectivity index (χ3v) is 4.23. The van der Waals surface area contributed by atoms with E-state index in [2.05, 4.69) is 26.3 Å². The maximum absolute atomic E-state index is 12.4. The van der Waals surface area contributed by atoms with Crippen LogP contribution in [0.3, 0.4) is 0 Å².